The molecule has 27 heavy (non-hydrogen) atoms. The summed E-state index contributed by atoms with van der Waals surface area (Å²) in [5.41, 5.74) is 1.24. The van der Waals surface area contributed by atoms with Crippen molar-refractivity contribution in [3.05, 3.63) is 29.8 Å². The van der Waals surface area contributed by atoms with Crippen LogP contribution in [0.4, 0.5) is 0 Å². The Morgan fingerprint density at radius 1 is 1.19 bits per heavy atom. The van der Waals surface area contributed by atoms with Crippen molar-refractivity contribution < 1.29 is 14.3 Å². The Kier molecular flexibility index (Phi) is 7.53. The van der Waals surface area contributed by atoms with Crippen molar-refractivity contribution in [3.8, 4) is 5.75 Å². The Labute approximate surface area is 163 Å². The van der Waals surface area contributed by atoms with Crippen molar-refractivity contribution in [2.24, 2.45) is 5.92 Å². The number of hydrogen-bond acceptors (Lipinski definition) is 4. The fraction of sp³-hybridized carbons (Fsp3) is 0.682. The molecule has 0 spiro atoms. The molecule has 3 rings (SSSR count). The van der Waals surface area contributed by atoms with Crippen LogP contribution in [0.1, 0.15) is 37.7 Å². The quantitative estimate of drug-likeness (QED) is 0.736. The van der Waals surface area contributed by atoms with E-state index >= 15 is 0 Å². The molecule has 0 radical (unpaired) electrons. The third kappa shape index (κ3) is 5.94. The maximum absolute atomic E-state index is 13.1. The van der Waals surface area contributed by atoms with Crippen LogP contribution in [0.15, 0.2) is 24.3 Å². The van der Waals surface area contributed by atoms with E-state index in [4.69, 9.17) is 9.47 Å². The van der Waals surface area contributed by atoms with Gasteiger partial charge in [0.15, 0.2) is 0 Å². The molecule has 0 N–H and O–H groups in total. The highest BCUT2D eigenvalue weighted by Crippen LogP contribution is 2.21. The van der Waals surface area contributed by atoms with Crippen molar-refractivity contribution in [3.63, 3.8) is 0 Å². The molecule has 0 aliphatic carbocycles. The molecule has 5 heteroatoms. The molecule has 2 fully saturated rings. The number of rotatable bonds is 7. The maximum Gasteiger partial charge on any atom is 0.251 e. The monoisotopic (exact) mass is 374 g/mol. The first-order valence-corrected chi connectivity index (χ1v) is 10.4. The highest BCUT2D eigenvalue weighted by Gasteiger charge is 2.29. The number of carbonyl (C=O) groups is 1. The molecule has 1 unspecified atom stereocenters. The number of amides is 1. The van der Waals surface area contributed by atoms with E-state index in [-0.39, 0.29) is 12.0 Å². The molecular weight excluding hydrogens is 340 g/mol. The molecule has 1 amide bonds. The minimum atomic E-state index is -0.235. The van der Waals surface area contributed by atoms with Crippen molar-refractivity contribution in [1.29, 1.82) is 0 Å². The Bertz CT molecular complexity index is 576. The van der Waals surface area contributed by atoms with Crippen LogP contribution in [0.3, 0.4) is 0 Å². The van der Waals surface area contributed by atoms with E-state index in [1.807, 2.05) is 12.1 Å². The first-order valence-electron chi connectivity index (χ1n) is 10.4. The number of ether oxygens (including phenoxy) is 2. The van der Waals surface area contributed by atoms with Gasteiger partial charge in [0, 0.05) is 19.7 Å². The van der Waals surface area contributed by atoms with Crippen LogP contribution in [-0.4, -0.2) is 68.8 Å². The zero-order valence-electron chi connectivity index (χ0n) is 16.9. The van der Waals surface area contributed by atoms with Gasteiger partial charge in [-0.15, -0.1) is 0 Å². The van der Waals surface area contributed by atoms with Gasteiger partial charge in [0.05, 0.1) is 7.11 Å². The largest absolute Gasteiger partial charge is 0.497 e. The second-order valence-corrected chi connectivity index (χ2v) is 7.98. The van der Waals surface area contributed by atoms with E-state index < -0.39 is 0 Å². The normalized spacial score (nSPS) is 21.8. The third-order valence-corrected chi connectivity index (χ3v) is 5.91. The summed E-state index contributed by atoms with van der Waals surface area (Å²) in [5.74, 6) is 1.67. The maximum atomic E-state index is 13.1. The van der Waals surface area contributed by atoms with Gasteiger partial charge < -0.3 is 19.3 Å². The fourth-order valence-electron chi connectivity index (χ4n) is 4.04. The molecule has 2 aliphatic rings. The Hall–Kier alpha value is -1.59. The van der Waals surface area contributed by atoms with Crippen molar-refractivity contribution in [2.45, 2.75) is 44.6 Å². The van der Waals surface area contributed by atoms with E-state index in [1.165, 1.54) is 18.4 Å². The minimum absolute atomic E-state index is 0.196. The average molecular weight is 375 g/mol. The second-order valence-electron chi connectivity index (χ2n) is 7.98. The van der Waals surface area contributed by atoms with Crippen molar-refractivity contribution >= 4 is 5.91 Å². The molecule has 2 saturated heterocycles. The molecule has 1 atom stereocenters. The summed E-state index contributed by atoms with van der Waals surface area (Å²) in [7, 11) is 3.86. The zero-order chi connectivity index (χ0) is 19.1. The van der Waals surface area contributed by atoms with Gasteiger partial charge in [-0.25, -0.2) is 0 Å². The zero-order valence-corrected chi connectivity index (χ0v) is 16.9. The molecule has 1 aromatic carbocycles. The van der Waals surface area contributed by atoms with Gasteiger partial charge in [0.25, 0.3) is 5.91 Å². The summed E-state index contributed by atoms with van der Waals surface area (Å²) >= 11 is 0. The van der Waals surface area contributed by atoms with Gasteiger partial charge >= 0.3 is 0 Å². The van der Waals surface area contributed by atoms with Gasteiger partial charge in [-0.2, -0.15) is 0 Å². The summed E-state index contributed by atoms with van der Waals surface area (Å²) in [4.78, 5) is 17.6. The van der Waals surface area contributed by atoms with Crippen LogP contribution in [-0.2, 0) is 16.0 Å². The number of benzene rings is 1. The Morgan fingerprint density at radius 3 is 2.56 bits per heavy atom. The molecule has 2 heterocycles. The van der Waals surface area contributed by atoms with Crippen LogP contribution < -0.4 is 4.74 Å². The van der Waals surface area contributed by atoms with E-state index in [1.54, 1.807) is 7.11 Å². The van der Waals surface area contributed by atoms with Crippen LogP contribution >= 0.6 is 0 Å². The molecule has 2 aliphatic heterocycles. The number of carbonyl (C=O) groups excluding carboxylic acids is 1. The van der Waals surface area contributed by atoms with E-state index in [0.717, 1.165) is 64.2 Å². The average Bonchev–Trinajstić information content (AvgIpc) is 2.73. The lowest BCUT2D eigenvalue weighted by Crippen LogP contribution is -2.46. The molecule has 0 aromatic heterocycles. The summed E-state index contributed by atoms with van der Waals surface area (Å²) in [6.07, 6.45) is 6.02. The second kappa shape index (κ2) is 10.1. The van der Waals surface area contributed by atoms with Crippen molar-refractivity contribution in [1.82, 2.24) is 9.80 Å². The van der Waals surface area contributed by atoms with Crippen LogP contribution in [0.2, 0.25) is 0 Å². The fourth-order valence-corrected chi connectivity index (χ4v) is 4.04. The lowest BCUT2D eigenvalue weighted by Gasteiger charge is -2.35. The summed E-state index contributed by atoms with van der Waals surface area (Å²) in [6, 6.07) is 8.16. The lowest BCUT2D eigenvalue weighted by molar-refractivity contribution is -0.147. The molecule has 0 bridgehead atoms. The number of likely N-dealkylation sites (tertiary alicyclic amines) is 1. The molecule has 150 valence electrons. The molecule has 1 aromatic rings. The number of methoxy groups -OCH3 is 1. The predicted octanol–water partition coefficient (Wildman–Crippen LogP) is 2.98. The van der Waals surface area contributed by atoms with Gasteiger partial charge in [-0.05, 0) is 82.3 Å². The first kappa shape index (κ1) is 20.2. The summed E-state index contributed by atoms with van der Waals surface area (Å²) in [6.45, 7) is 4.60. The van der Waals surface area contributed by atoms with Crippen LogP contribution in [0.25, 0.3) is 0 Å². The summed E-state index contributed by atoms with van der Waals surface area (Å²) < 4.78 is 11.0. The van der Waals surface area contributed by atoms with Gasteiger partial charge in [0.2, 0.25) is 0 Å². The third-order valence-electron chi connectivity index (χ3n) is 5.91. The lowest BCUT2D eigenvalue weighted by atomic mass is 9.95. The SMILES string of the molecule is COc1ccc(CCN(CC2CCN(C)CC2)C(=O)C2CCCCO2)cc1. The molecule has 5 nitrogen and oxygen atoms in total. The van der Waals surface area contributed by atoms with E-state index in [2.05, 4.69) is 29.0 Å². The molecule has 0 saturated carbocycles. The number of nitrogens with zero attached hydrogens (tertiary/aromatic N) is 2. The molecular formula is C22H34N2O3. The summed E-state index contributed by atoms with van der Waals surface area (Å²) in [5, 5.41) is 0. The predicted molar refractivity (Wildman–Crippen MR) is 107 cm³/mol. The first-order chi connectivity index (χ1) is 13.2. The Balaban J connectivity index is 1.61. The van der Waals surface area contributed by atoms with Crippen LogP contribution in [0.5, 0.6) is 5.75 Å². The van der Waals surface area contributed by atoms with Gasteiger partial charge in [-0.1, -0.05) is 12.1 Å². The Morgan fingerprint density at radius 2 is 1.93 bits per heavy atom. The number of hydrogen-bond donors (Lipinski definition) is 0. The van der Waals surface area contributed by atoms with Gasteiger partial charge in [0.1, 0.15) is 11.9 Å². The topological polar surface area (TPSA) is 42.0 Å². The van der Waals surface area contributed by atoms with Gasteiger partial charge in [-0.3, -0.25) is 4.79 Å². The minimum Gasteiger partial charge on any atom is -0.497 e. The highest BCUT2D eigenvalue weighted by atomic mass is 16.5. The highest BCUT2D eigenvalue weighted by molar-refractivity contribution is 5.81. The number of piperidine rings is 1. The van der Waals surface area contributed by atoms with Crippen molar-refractivity contribution in [2.75, 3.05) is 46.9 Å². The standard InChI is InChI=1S/C22H34N2O3/c1-23-13-10-19(11-14-23)17-24(22(25)21-5-3-4-16-27-21)15-12-18-6-8-20(26-2)9-7-18/h6-9,19,21H,3-5,10-17H2,1-2H3. The smallest absolute Gasteiger partial charge is 0.251 e. The van der Waals surface area contributed by atoms with E-state index in [0.29, 0.717) is 5.92 Å². The van der Waals surface area contributed by atoms with Crippen LogP contribution in [0, 0.1) is 5.92 Å². The van der Waals surface area contributed by atoms with E-state index in [9.17, 15) is 4.79 Å².